The summed E-state index contributed by atoms with van der Waals surface area (Å²) in [5.74, 6) is 0. The van der Waals surface area contributed by atoms with Gasteiger partial charge in [-0.1, -0.05) is 20.8 Å². The summed E-state index contributed by atoms with van der Waals surface area (Å²) in [6.07, 6.45) is 5.19. The van der Waals surface area contributed by atoms with Gasteiger partial charge in [0.2, 0.25) is 0 Å². The molecule has 0 aromatic carbocycles. The minimum atomic E-state index is 0.552. The Kier molecular flexibility index (Phi) is 5.65. The van der Waals surface area contributed by atoms with Gasteiger partial charge in [0.15, 0.2) is 0 Å². The number of aryl methyl sites for hydroxylation is 1. The van der Waals surface area contributed by atoms with Crippen molar-refractivity contribution in [3.05, 3.63) is 18.0 Å². The lowest BCUT2D eigenvalue weighted by Crippen LogP contribution is -2.41. The third kappa shape index (κ3) is 4.88. The Balaban J connectivity index is 2.45. The molecule has 0 saturated carbocycles. The van der Waals surface area contributed by atoms with Crippen molar-refractivity contribution in [3.8, 4) is 0 Å². The average Bonchev–Trinajstić information content (AvgIpc) is 2.64. The summed E-state index contributed by atoms with van der Waals surface area (Å²) in [5.41, 5.74) is 1.28. The van der Waals surface area contributed by atoms with Crippen LogP contribution in [0.15, 0.2) is 12.4 Å². The van der Waals surface area contributed by atoms with Gasteiger partial charge in [-0.05, 0) is 13.5 Å². The minimum absolute atomic E-state index is 0.552. The molecule has 0 saturated heterocycles. The molecule has 4 heteroatoms. The summed E-state index contributed by atoms with van der Waals surface area (Å²) in [7, 11) is 4.14. The second kappa shape index (κ2) is 6.77. The van der Waals surface area contributed by atoms with Gasteiger partial charge in [-0.15, -0.1) is 0 Å². The van der Waals surface area contributed by atoms with Crippen LogP contribution in [0.4, 0.5) is 0 Å². The lowest BCUT2D eigenvalue weighted by atomic mass is 10.1. The number of aromatic nitrogens is 2. The van der Waals surface area contributed by atoms with Gasteiger partial charge in [0.05, 0.1) is 6.20 Å². The van der Waals surface area contributed by atoms with Crippen LogP contribution in [0.5, 0.6) is 0 Å². The highest BCUT2D eigenvalue weighted by Crippen LogP contribution is 2.07. The summed E-state index contributed by atoms with van der Waals surface area (Å²) in [6.45, 7) is 8.63. The molecule has 4 nitrogen and oxygen atoms in total. The van der Waals surface area contributed by atoms with Crippen LogP contribution in [0.25, 0.3) is 0 Å². The van der Waals surface area contributed by atoms with Crippen LogP contribution in [-0.2, 0) is 13.6 Å². The number of rotatable bonds is 7. The third-order valence-corrected chi connectivity index (χ3v) is 3.05. The quantitative estimate of drug-likeness (QED) is 0.784. The second-order valence-corrected chi connectivity index (χ2v) is 5.06. The number of hydrogen-bond acceptors (Lipinski definition) is 3. The number of hydrogen-bond donors (Lipinski definition) is 1. The highest BCUT2D eigenvalue weighted by molar-refractivity contribution is 5.03. The van der Waals surface area contributed by atoms with Crippen LogP contribution in [0.1, 0.15) is 32.8 Å². The van der Waals surface area contributed by atoms with E-state index < -0.39 is 0 Å². The number of likely N-dealkylation sites (N-methyl/N-ethyl adjacent to an activating group) is 1. The van der Waals surface area contributed by atoms with E-state index in [1.54, 1.807) is 0 Å². The Morgan fingerprint density at radius 3 is 2.65 bits per heavy atom. The van der Waals surface area contributed by atoms with Crippen molar-refractivity contribution < 1.29 is 0 Å². The lowest BCUT2D eigenvalue weighted by molar-refractivity contribution is 0.218. The molecule has 17 heavy (non-hydrogen) atoms. The van der Waals surface area contributed by atoms with Gasteiger partial charge in [0.25, 0.3) is 0 Å². The van der Waals surface area contributed by atoms with Crippen LogP contribution >= 0.6 is 0 Å². The minimum Gasteiger partial charge on any atom is -0.313 e. The van der Waals surface area contributed by atoms with Gasteiger partial charge < -0.3 is 5.32 Å². The van der Waals surface area contributed by atoms with Crippen molar-refractivity contribution in [2.45, 2.75) is 45.8 Å². The topological polar surface area (TPSA) is 33.1 Å². The molecule has 0 radical (unpaired) electrons. The number of nitrogens with zero attached hydrogens (tertiary/aromatic N) is 3. The van der Waals surface area contributed by atoms with Crippen LogP contribution < -0.4 is 5.32 Å². The normalized spacial score (nSPS) is 13.6. The smallest absolute Gasteiger partial charge is 0.0534 e. The first-order chi connectivity index (χ1) is 8.02. The maximum absolute atomic E-state index is 4.20. The van der Waals surface area contributed by atoms with Crippen molar-refractivity contribution in [1.82, 2.24) is 20.0 Å². The van der Waals surface area contributed by atoms with Crippen LogP contribution in [0.3, 0.4) is 0 Å². The predicted octanol–water partition coefficient (Wildman–Crippen LogP) is 1.63. The van der Waals surface area contributed by atoms with E-state index in [9.17, 15) is 0 Å². The Morgan fingerprint density at radius 2 is 2.18 bits per heavy atom. The van der Waals surface area contributed by atoms with Crippen molar-refractivity contribution in [2.24, 2.45) is 7.05 Å². The zero-order chi connectivity index (χ0) is 12.8. The molecule has 0 bridgehead atoms. The molecule has 0 amide bonds. The third-order valence-electron chi connectivity index (χ3n) is 3.05. The highest BCUT2D eigenvalue weighted by Gasteiger charge is 2.13. The standard InChI is InChI=1S/C13H26N4/c1-6-13(8-14-11(2)3)16(4)9-12-7-15-17(5)10-12/h7,10-11,13-14H,6,8-9H2,1-5H3. The van der Waals surface area contributed by atoms with Crippen LogP contribution in [0.2, 0.25) is 0 Å². The Hall–Kier alpha value is -0.870. The van der Waals surface area contributed by atoms with Crippen molar-refractivity contribution >= 4 is 0 Å². The molecular formula is C13H26N4. The zero-order valence-electron chi connectivity index (χ0n) is 11.8. The largest absolute Gasteiger partial charge is 0.313 e. The summed E-state index contributed by atoms with van der Waals surface area (Å²) in [5, 5.41) is 7.71. The molecule has 1 aromatic rings. The summed E-state index contributed by atoms with van der Waals surface area (Å²) < 4.78 is 1.86. The molecule has 1 rings (SSSR count). The number of nitrogens with one attached hydrogen (secondary N) is 1. The van der Waals surface area contributed by atoms with Crippen molar-refractivity contribution in [2.75, 3.05) is 13.6 Å². The van der Waals surface area contributed by atoms with Crippen LogP contribution in [-0.4, -0.2) is 40.4 Å². The first-order valence-electron chi connectivity index (χ1n) is 6.44. The van der Waals surface area contributed by atoms with E-state index in [0.29, 0.717) is 12.1 Å². The molecule has 98 valence electrons. The van der Waals surface area contributed by atoms with Crippen molar-refractivity contribution in [1.29, 1.82) is 0 Å². The molecule has 1 unspecified atom stereocenters. The monoisotopic (exact) mass is 238 g/mol. The van der Waals surface area contributed by atoms with E-state index in [2.05, 4.69) is 49.3 Å². The molecule has 1 atom stereocenters. The summed E-state index contributed by atoms with van der Waals surface area (Å²) >= 11 is 0. The maximum atomic E-state index is 4.20. The first-order valence-corrected chi connectivity index (χ1v) is 6.44. The van der Waals surface area contributed by atoms with Gasteiger partial charge in [0, 0.05) is 44.0 Å². The van der Waals surface area contributed by atoms with E-state index >= 15 is 0 Å². The molecule has 0 aliphatic carbocycles. The van der Waals surface area contributed by atoms with E-state index in [0.717, 1.165) is 19.5 Å². The molecule has 0 aliphatic rings. The predicted molar refractivity (Wildman–Crippen MR) is 71.9 cm³/mol. The van der Waals surface area contributed by atoms with Gasteiger partial charge in [-0.25, -0.2) is 0 Å². The van der Waals surface area contributed by atoms with Crippen molar-refractivity contribution in [3.63, 3.8) is 0 Å². The fourth-order valence-electron chi connectivity index (χ4n) is 1.95. The zero-order valence-corrected chi connectivity index (χ0v) is 11.8. The SMILES string of the molecule is CCC(CNC(C)C)N(C)Cc1cnn(C)c1. The molecule has 1 heterocycles. The lowest BCUT2D eigenvalue weighted by Gasteiger charge is -2.27. The van der Waals surface area contributed by atoms with Gasteiger partial charge >= 0.3 is 0 Å². The van der Waals surface area contributed by atoms with E-state index in [-0.39, 0.29) is 0 Å². The Morgan fingerprint density at radius 1 is 1.47 bits per heavy atom. The molecule has 0 fully saturated rings. The maximum Gasteiger partial charge on any atom is 0.0534 e. The van der Waals surface area contributed by atoms with Gasteiger partial charge in [-0.2, -0.15) is 5.10 Å². The van der Waals surface area contributed by atoms with E-state index in [1.807, 2.05) is 17.9 Å². The molecular weight excluding hydrogens is 212 g/mol. The molecule has 1 aromatic heterocycles. The van der Waals surface area contributed by atoms with Crippen LogP contribution in [0, 0.1) is 0 Å². The average molecular weight is 238 g/mol. The van der Waals surface area contributed by atoms with E-state index in [4.69, 9.17) is 0 Å². The highest BCUT2D eigenvalue weighted by atomic mass is 15.2. The van der Waals surface area contributed by atoms with E-state index in [1.165, 1.54) is 5.56 Å². The fourth-order valence-corrected chi connectivity index (χ4v) is 1.95. The fraction of sp³-hybridized carbons (Fsp3) is 0.769. The van der Waals surface area contributed by atoms with Gasteiger partial charge in [0.1, 0.15) is 0 Å². The molecule has 1 N–H and O–H groups in total. The second-order valence-electron chi connectivity index (χ2n) is 5.06. The summed E-state index contributed by atoms with van der Waals surface area (Å²) in [6, 6.07) is 1.13. The molecule has 0 spiro atoms. The first kappa shape index (κ1) is 14.2. The Labute approximate surface area is 105 Å². The summed E-state index contributed by atoms with van der Waals surface area (Å²) in [4.78, 5) is 2.40. The molecule has 0 aliphatic heterocycles. The van der Waals surface area contributed by atoms with Gasteiger partial charge in [-0.3, -0.25) is 9.58 Å². The Bertz CT molecular complexity index is 319.